The first-order valence-electron chi connectivity index (χ1n) is 9.44. The molecule has 0 saturated heterocycles. The third-order valence-corrected chi connectivity index (χ3v) is 21.7. The van der Waals surface area contributed by atoms with Gasteiger partial charge in [-0.05, 0) is 54.8 Å². The van der Waals surface area contributed by atoms with Gasteiger partial charge in [0.05, 0.1) is 0 Å². The summed E-state index contributed by atoms with van der Waals surface area (Å²) in [6.07, 6.45) is 1.21. The smallest absolute Gasteiger partial charge is 0.238 e. The van der Waals surface area contributed by atoms with Gasteiger partial charge in [-0.1, -0.05) is 48.5 Å². The van der Waals surface area contributed by atoms with Crippen LogP contribution in [0.1, 0.15) is 54.9 Å². The van der Waals surface area contributed by atoms with Gasteiger partial charge in [0.1, 0.15) is 16.5 Å². The fraction of sp³-hybridized carbons (Fsp3) is 1.00. The van der Waals surface area contributed by atoms with Crippen LogP contribution >= 0.6 is 22.2 Å². The summed E-state index contributed by atoms with van der Waals surface area (Å²) in [5, 5.41) is 0. The molecule has 0 amide bonds. The van der Waals surface area contributed by atoms with Crippen LogP contribution in [0.3, 0.4) is 0 Å². The van der Waals surface area contributed by atoms with E-state index in [1.165, 1.54) is 42.7 Å². The van der Waals surface area contributed by atoms with E-state index in [9.17, 15) is 0 Å². The lowest BCUT2D eigenvalue weighted by atomic mass is 10.3. The van der Waals surface area contributed by atoms with E-state index in [4.69, 9.17) is 22.2 Å². The summed E-state index contributed by atoms with van der Waals surface area (Å²) in [6, 6.07) is 9.98. The molecule has 1 nitrogen and oxygen atoms in total. The number of halogens is 2. The van der Waals surface area contributed by atoms with Gasteiger partial charge in [-0.25, -0.2) is 0 Å². The highest BCUT2D eigenvalue weighted by Crippen LogP contribution is 2.39. The maximum atomic E-state index is 6.36. The molecule has 0 bridgehead atoms. The molecule has 0 N–H and O–H groups in total. The van der Waals surface area contributed by atoms with Crippen molar-refractivity contribution in [1.29, 1.82) is 0 Å². The Hall–Kier alpha value is 1.19. The Labute approximate surface area is 153 Å². The van der Waals surface area contributed by atoms with Crippen molar-refractivity contribution in [3.63, 3.8) is 0 Å². The summed E-state index contributed by atoms with van der Waals surface area (Å²) >= 11 is 12.7. The predicted molar refractivity (Wildman–Crippen MR) is 114 cm³/mol. The lowest BCUT2D eigenvalue weighted by Crippen LogP contribution is -2.69. The third kappa shape index (κ3) is 5.09. The number of hydrogen-bond acceptors (Lipinski definition) is 1. The highest BCUT2D eigenvalue weighted by atomic mass is 35.7. The largest absolute Gasteiger partial charge is 0.342 e. The lowest BCUT2D eigenvalue weighted by molar-refractivity contribution is 0.438. The Morgan fingerprint density at radius 3 is 1.23 bits per heavy atom. The zero-order valence-electron chi connectivity index (χ0n) is 16.0. The molecule has 0 rings (SSSR count). The van der Waals surface area contributed by atoms with Crippen LogP contribution in [0.15, 0.2) is 0 Å². The van der Waals surface area contributed by atoms with Crippen LogP contribution < -0.4 is 0 Å². The van der Waals surface area contributed by atoms with Crippen LogP contribution in [0.4, 0.5) is 0 Å². The zero-order valence-corrected chi connectivity index (χ0v) is 20.7. The molecule has 0 aliphatic heterocycles. The van der Waals surface area contributed by atoms with Crippen LogP contribution in [0.5, 0.6) is 0 Å². The highest BCUT2D eigenvalue weighted by Gasteiger charge is 2.48. The first-order valence-corrected chi connectivity index (χ1v) is 18.9. The Morgan fingerprint density at radius 1 is 0.727 bits per heavy atom. The molecule has 0 aromatic rings. The first-order chi connectivity index (χ1) is 10.4. The molecule has 1 unspecified atom stereocenters. The van der Waals surface area contributed by atoms with Crippen LogP contribution in [-0.4, -0.2) is 34.2 Å². The second-order valence-corrected chi connectivity index (χ2v) is 22.3. The number of rotatable bonds is 12. The van der Waals surface area contributed by atoms with Crippen LogP contribution in [-0.2, 0) is 0 Å². The monoisotopic (exact) mass is 399 g/mol. The predicted octanol–water partition coefficient (Wildman–Crippen LogP) is 6.78. The van der Waals surface area contributed by atoms with Gasteiger partial charge in [0.2, 0.25) is 7.42 Å². The van der Waals surface area contributed by atoms with E-state index < -0.39 is 23.9 Å². The SMILES string of the molecule is CCC(C[SiH](Cl)Cl)N([Si](CC)(CC)CC)[Si](CC)(CC)CC. The summed E-state index contributed by atoms with van der Waals surface area (Å²) in [4.78, 5) is 0. The van der Waals surface area contributed by atoms with Crippen molar-refractivity contribution in [2.24, 2.45) is 0 Å². The molecule has 0 aromatic heterocycles. The minimum atomic E-state index is -1.56. The second kappa shape index (κ2) is 10.9. The van der Waals surface area contributed by atoms with E-state index in [1.54, 1.807) is 0 Å². The minimum absolute atomic E-state index is 0.643. The number of hydrogen-bond donors (Lipinski definition) is 0. The van der Waals surface area contributed by atoms with Crippen molar-refractivity contribution in [1.82, 2.24) is 4.23 Å². The highest BCUT2D eigenvalue weighted by molar-refractivity contribution is 7.33. The summed E-state index contributed by atoms with van der Waals surface area (Å²) in [7, 11) is -4.36. The molecule has 1 atom stereocenters. The maximum absolute atomic E-state index is 6.36. The zero-order chi connectivity index (χ0) is 17.4. The van der Waals surface area contributed by atoms with Crippen molar-refractivity contribution >= 4 is 46.0 Å². The molecule has 0 aromatic carbocycles. The van der Waals surface area contributed by atoms with E-state index in [0.717, 1.165) is 6.04 Å². The van der Waals surface area contributed by atoms with Crippen LogP contribution in [0.25, 0.3) is 0 Å². The van der Waals surface area contributed by atoms with Gasteiger partial charge in [-0.2, -0.15) is 22.2 Å². The molecular weight excluding hydrogens is 361 g/mol. The Bertz CT molecular complexity index is 259. The van der Waals surface area contributed by atoms with Gasteiger partial charge >= 0.3 is 0 Å². The third-order valence-electron chi connectivity index (χ3n) is 6.26. The molecular formula is C16H39Cl2NSi3. The van der Waals surface area contributed by atoms with Crippen LogP contribution in [0.2, 0.25) is 42.3 Å². The molecule has 0 fully saturated rings. The summed E-state index contributed by atoms with van der Waals surface area (Å²) < 4.78 is 3.17. The van der Waals surface area contributed by atoms with Crippen molar-refractivity contribution < 1.29 is 0 Å². The molecule has 0 radical (unpaired) electrons. The topological polar surface area (TPSA) is 3.24 Å². The van der Waals surface area contributed by atoms with Crippen molar-refractivity contribution in [2.75, 3.05) is 0 Å². The first kappa shape index (κ1) is 23.2. The second-order valence-electron chi connectivity index (χ2n) is 6.63. The van der Waals surface area contributed by atoms with Crippen molar-refractivity contribution in [3.05, 3.63) is 0 Å². The summed E-state index contributed by atoms with van der Waals surface area (Å²) in [5.74, 6) is 0. The molecule has 0 heterocycles. The quantitative estimate of drug-likeness (QED) is 0.258. The normalized spacial score (nSPS) is 14.9. The van der Waals surface area contributed by atoms with Gasteiger partial charge in [-0.3, -0.25) is 0 Å². The van der Waals surface area contributed by atoms with E-state index in [1.807, 2.05) is 0 Å². The fourth-order valence-electron chi connectivity index (χ4n) is 4.46. The molecule has 6 heteroatoms. The van der Waals surface area contributed by atoms with Gasteiger partial charge in [0.25, 0.3) is 0 Å². The van der Waals surface area contributed by atoms with E-state index in [2.05, 4.69) is 52.7 Å². The Kier molecular flexibility index (Phi) is 11.5. The van der Waals surface area contributed by atoms with Gasteiger partial charge in [0.15, 0.2) is 0 Å². The van der Waals surface area contributed by atoms with E-state index in [0.29, 0.717) is 6.04 Å². The molecule has 0 spiro atoms. The van der Waals surface area contributed by atoms with E-state index >= 15 is 0 Å². The van der Waals surface area contributed by atoms with Gasteiger partial charge in [0, 0.05) is 0 Å². The molecule has 0 aliphatic rings. The maximum Gasteiger partial charge on any atom is 0.238 e. The standard InChI is InChI=1S/C16H39Cl2NSi3/c1-8-16(15-20(17)18)19(21(9-2,10-3)11-4)22(12-5,13-6)14-7/h16,20H,8-15H2,1-7H3. The lowest BCUT2D eigenvalue weighted by Gasteiger charge is -2.56. The van der Waals surface area contributed by atoms with Gasteiger partial charge < -0.3 is 4.23 Å². The Balaban J connectivity index is 6.04. The average molecular weight is 401 g/mol. The average Bonchev–Trinajstić information content (AvgIpc) is 2.54. The fourth-order valence-corrected chi connectivity index (χ4v) is 21.1. The molecule has 0 aliphatic carbocycles. The van der Waals surface area contributed by atoms with Crippen molar-refractivity contribution in [3.8, 4) is 0 Å². The summed E-state index contributed by atoms with van der Waals surface area (Å²) in [6.45, 7) is 17.0. The molecule has 22 heavy (non-hydrogen) atoms. The number of nitrogens with zero attached hydrogens (tertiary/aromatic N) is 1. The minimum Gasteiger partial charge on any atom is -0.342 e. The van der Waals surface area contributed by atoms with Gasteiger partial charge in [-0.15, -0.1) is 0 Å². The van der Waals surface area contributed by atoms with Crippen LogP contribution in [0, 0.1) is 0 Å². The van der Waals surface area contributed by atoms with E-state index in [-0.39, 0.29) is 0 Å². The Morgan fingerprint density at radius 2 is 1.05 bits per heavy atom. The summed E-state index contributed by atoms with van der Waals surface area (Å²) in [5.41, 5.74) is 0. The van der Waals surface area contributed by atoms with Crippen molar-refractivity contribution in [2.45, 2.75) is 103 Å². The molecule has 134 valence electrons. The molecule has 0 saturated carbocycles.